The Hall–Kier alpha value is -3.09. The minimum Gasteiger partial charge on any atom is -0.493 e. The highest BCUT2D eigenvalue weighted by Crippen LogP contribution is 2.27. The van der Waals surface area contributed by atoms with E-state index < -0.39 is 0 Å². The highest BCUT2D eigenvalue weighted by Gasteiger charge is 2.28. The van der Waals surface area contributed by atoms with Crippen LogP contribution < -0.4 is 14.8 Å². The molecule has 0 bridgehead atoms. The van der Waals surface area contributed by atoms with E-state index in [2.05, 4.69) is 15.2 Å². The summed E-state index contributed by atoms with van der Waals surface area (Å²) in [6.07, 6.45) is 3.38. The fourth-order valence-corrected chi connectivity index (χ4v) is 4.36. The molecule has 1 atom stereocenters. The molecule has 1 unspecified atom stereocenters. The smallest absolute Gasteiger partial charge is 0.224 e. The molecule has 1 saturated heterocycles. The quantitative estimate of drug-likeness (QED) is 0.480. The van der Waals surface area contributed by atoms with Gasteiger partial charge in [0.05, 0.1) is 18.8 Å². The molecule has 1 aliphatic heterocycles. The van der Waals surface area contributed by atoms with Gasteiger partial charge in [-0.25, -0.2) is 0 Å². The number of nitrogens with zero attached hydrogens (tertiary/aromatic N) is 2. The zero-order valence-corrected chi connectivity index (χ0v) is 20.1. The van der Waals surface area contributed by atoms with E-state index in [0.717, 1.165) is 55.2 Å². The number of hydrogen-bond donors (Lipinski definition) is 1. The average molecular weight is 480 g/mol. The Bertz CT molecular complexity index is 1050. The molecule has 7 heteroatoms. The summed E-state index contributed by atoms with van der Waals surface area (Å²) in [6, 6.07) is 20.6. The van der Waals surface area contributed by atoms with Gasteiger partial charge in [-0.1, -0.05) is 41.9 Å². The highest BCUT2D eigenvalue weighted by atomic mass is 35.5. The summed E-state index contributed by atoms with van der Waals surface area (Å²) in [5, 5.41) is 3.89. The number of hydrogen-bond acceptors (Lipinski definition) is 5. The van der Waals surface area contributed by atoms with Gasteiger partial charge in [-0.05, 0) is 67.9 Å². The third-order valence-electron chi connectivity index (χ3n) is 6.17. The van der Waals surface area contributed by atoms with Crippen LogP contribution in [0, 0.1) is 5.92 Å². The van der Waals surface area contributed by atoms with E-state index in [9.17, 15) is 4.79 Å². The summed E-state index contributed by atoms with van der Waals surface area (Å²) in [7, 11) is 1.64. The van der Waals surface area contributed by atoms with Gasteiger partial charge in [-0.15, -0.1) is 0 Å². The maximum Gasteiger partial charge on any atom is 0.224 e. The van der Waals surface area contributed by atoms with Crippen molar-refractivity contribution in [1.29, 1.82) is 0 Å². The van der Waals surface area contributed by atoms with Crippen LogP contribution >= 0.6 is 11.6 Å². The number of ether oxygens (including phenoxy) is 2. The number of piperidine rings is 1. The molecule has 4 rings (SSSR count). The number of aromatic nitrogens is 1. The van der Waals surface area contributed by atoms with Crippen molar-refractivity contribution in [2.45, 2.75) is 18.9 Å². The molecule has 1 aromatic heterocycles. The van der Waals surface area contributed by atoms with Crippen molar-refractivity contribution in [2.75, 3.05) is 33.4 Å². The number of likely N-dealkylation sites (tertiary alicyclic amines) is 1. The van der Waals surface area contributed by atoms with Crippen molar-refractivity contribution in [1.82, 2.24) is 15.2 Å². The lowest BCUT2D eigenvalue weighted by atomic mass is 9.94. The lowest BCUT2D eigenvalue weighted by molar-refractivity contribution is -0.127. The van der Waals surface area contributed by atoms with Gasteiger partial charge < -0.3 is 14.8 Å². The normalized spacial score (nSPS) is 15.5. The van der Waals surface area contributed by atoms with Crippen LogP contribution in [0.1, 0.15) is 30.1 Å². The van der Waals surface area contributed by atoms with Crippen molar-refractivity contribution < 1.29 is 14.3 Å². The molecular weight excluding hydrogens is 450 g/mol. The number of rotatable bonds is 9. The van der Waals surface area contributed by atoms with Crippen molar-refractivity contribution in [3.8, 4) is 11.5 Å². The van der Waals surface area contributed by atoms with Gasteiger partial charge >= 0.3 is 0 Å². The minimum atomic E-state index is -0.307. The van der Waals surface area contributed by atoms with Crippen LogP contribution in [0.25, 0.3) is 0 Å². The maximum atomic E-state index is 13.2. The summed E-state index contributed by atoms with van der Waals surface area (Å²) in [4.78, 5) is 20.0. The first-order chi connectivity index (χ1) is 16.6. The Labute approximate surface area is 205 Å². The maximum absolute atomic E-state index is 13.2. The molecule has 2 heterocycles. The van der Waals surface area contributed by atoms with E-state index in [0.29, 0.717) is 11.6 Å². The number of benzene rings is 2. The minimum absolute atomic E-state index is 0.0232. The zero-order valence-electron chi connectivity index (χ0n) is 19.3. The number of para-hydroxylation sites is 2. The van der Waals surface area contributed by atoms with Crippen molar-refractivity contribution in [2.24, 2.45) is 5.92 Å². The third kappa shape index (κ3) is 6.27. The van der Waals surface area contributed by atoms with Crippen LogP contribution in [0.4, 0.5) is 0 Å². The first kappa shape index (κ1) is 24.0. The molecule has 0 spiro atoms. The molecule has 6 nitrogen and oxygen atoms in total. The number of methoxy groups -OCH3 is 1. The van der Waals surface area contributed by atoms with Crippen LogP contribution in [0.15, 0.2) is 72.9 Å². The molecule has 0 radical (unpaired) electrons. The fraction of sp³-hybridized carbons (Fsp3) is 0.333. The lowest BCUT2D eigenvalue weighted by Crippen LogP contribution is -2.42. The largest absolute Gasteiger partial charge is 0.493 e. The number of halogens is 1. The standard InChI is InChI=1S/C27H30ClN3O3/c1-33-24-7-2-3-8-25(24)34-19-18-31-16-13-21(14-17-31)27(32)30-26(23-6-4-5-15-29-23)20-9-11-22(28)12-10-20/h2-12,15,21,26H,13-14,16-19H2,1H3,(H,30,32). The molecule has 178 valence electrons. The van der Waals surface area contributed by atoms with E-state index in [4.69, 9.17) is 21.1 Å². The van der Waals surface area contributed by atoms with Crippen LogP contribution in [-0.4, -0.2) is 49.1 Å². The van der Waals surface area contributed by atoms with Crippen molar-refractivity contribution in [3.63, 3.8) is 0 Å². The molecule has 1 N–H and O–H groups in total. The molecule has 2 aromatic carbocycles. The van der Waals surface area contributed by atoms with E-state index in [-0.39, 0.29) is 17.9 Å². The monoisotopic (exact) mass is 479 g/mol. The number of pyridine rings is 1. The van der Waals surface area contributed by atoms with Crippen LogP contribution in [0.3, 0.4) is 0 Å². The second kappa shape index (κ2) is 11.9. The van der Waals surface area contributed by atoms with Gasteiger partial charge in [0, 0.05) is 23.7 Å². The molecule has 1 fully saturated rings. The zero-order chi connectivity index (χ0) is 23.8. The van der Waals surface area contributed by atoms with Crippen LogP contribution in [-0.2, 0) is 4.79 Å². The van der Waals surface area contributed by atoms with Crippen molar-refractivity contribution in [3.05, 3.63) is 89.2 Å². The van der Waals surface area contributed by atoms with Gasteiger partial charge in [0.15, 0.2) is 11.5 Å². The average Bonchev–Trinajstić information content (AvgIpc) is 2.89. The number of carbonyl (C=O) groups excluding carboxylic acids is 1. The lowest BCUT2D eigenvalue weighted by Gasteiger charge is -2.32. The number of carbonyl (C=O) groups is 1. The Morgan fingerprint density at radius 2 is 1.76 bits per heavy atom. The summed E-state index contributed by atoms with van der Waals surface area (Å²) in [6.45, 7) is 3.12. The second-order valence-electron chi connectivity index (χ2n) is 8.36. The van der Waals surface area contributed by atoms with Crippen molar-refractivity contribution >= 4 is 17.5 Å². The molecule has 1 amide bonds. The molecule has 34 heavy (non-hydrogen) atoms. The first-order valence-electron chi connectivity index (χ1n) is 11.6. The van der Waals surface area contributed by atoms with Gasteiger partial charge in [0.25, 0.3) is 0 Å². The van der Waals surface area contributed by atoms with E-state index in [1.807, 2.05) is 66.7 Å². The van der Waals surface area contributed by atoms with Gasteiger partial charge in [0.1, 0.15) is 6.61 Å². The molecule has 1 aliphatic rings. The second-order valence-corrected chi connectivity index (χ2v) is 8.80. The van der Waals surface area contributed by atoms with Gasteiger partial charge in [0.2, 0.25) is 5.91 Å². The summed E-state index contributed by atoms with van der Waals surface area (Å²) in [5.74, 6) is 1.53. The molecule has 3 aromatic rings. The molecule has 0 saturated carbocycles. The summed E-state index contributed by atoms with van der Waals surface area (Å²) >= 11 is 6.07. The summed E-state index contributed by atoms with van der Waals surface area (Å²) in [5.41, 5.74) is 1.77. The number of amides is 1. The van der Waals surface area contributed by atoms with E-state index >= 15 is 0 Å². The summed E-state index contributed by atoms with van der Waals surface area (Å²) < 4.78 is 11.2. The van der Waals surface area contributed by atoms with Crippen LogP contribution in [0.5, 0.6) is 11.5 Å². The number of nitrogens with one attached hydrogen (secondary N) is 1. The van der Waals surface area contributed by atoms with Gasteiger partial charge in [-0.2, -0.15) is 0 Å². The molecule has 0 aliphatic carbocycles. The Kier molecular flexibility index (Phi) is 8.39. The Balaban J connectivity index is 1.30. The predicted molar refractivity (Wildman–Crippen MR) is 133 cm³/mol. The SMILES string of the molecule is COc1ccccc1OCCN1CCC(C(=O)NC(c2ccc(Cl)cc2)c2ccccn2)CC1. The topological polar surface area (TPSA) is 63.7 Å². The highest BCUT2D eigenvalue weighted by molar-refractivity contribution is 6.30. The Morgan fingerprint density at radius 3 is 2.44 bits per heavy atom. The van der Waals surface area contributed by atoms with Gasteiger partial charge in [-0.3, -0.25) is 14.7 Å². The predicted octanol–water partition coefficient (Wildman–Crippen LogP) is 4.74. The Morgan fingerprint density at radius 1 is 1.06 bits per heavy atom. The fourth-order valence-electron chi connectivity index (χ4n) is 4.23. The first-order valence-corrected chi connectivity index (χ1v) is 12.0. The van der Waals surface area contributed by atoms with E-state index in [1.54, 1.807) is 13.3 Å². The van der Waals surface area contributed by atoms with Crippen LogP contribution in [0.2, 0.25) is 5.02 Å². The third-order valence-corrected chi connectivity index (χ3v) is 6.42. The molecular formula is C27H30ClN3O3. The van der Waals surface area contributed by atoms with E-state index in [1.165, 1.54) is 0 Å².